The fourth-order valence-electron chi connectivity index (χ4n) is 3.48. The summed E-state index contributed by atoms with van der Waals surface area (Å²) in [5.74, 6) is -0.166. The van der Waals surface area contributed by atoms with E-state index in [2.05, 4.69) is 17.6 Å². The molecule has 0 N–H and O–H groups in total. The van der Waals surface area contributed by atoms with Crippen LogP contribution in [0.1, 0.15) is 37.7 Å². The summed E-state index contributed by atoms with van der Waals surface area (Å²) in [7, 11) is 0. The summed E-state index contributed by atoms with van der Waals surface area (Å²) in [6.07, 6.45) is 11.3. The molecule has 0 atom stereocenters. The first-order valence-corrected chi connectivity index (χ1v) is 8.68. The van der Waals surface area contributed by atoms with Crippen molar-refractivity contribution in [3.63, 3.8) is 0 Å². The van der Waals surface area contributed by atoms with Gasteiger partial charge in [0.1, 0.15) is 0 Å². The van der Waals surface area contributed by atoms with E-state index in [0.29, 0.717) is 17.2 Å². The van der Waals surface area contributed by atoms with Crippen molar-refractivity contribution in [1.82, 2.24) is 4.98 Å². The molecule has 3 rings (SSSR count). The van der Waals surface area contributed by atoms with Crippen LogP contribution in [-0.4, -0.2) is 4.98 Å². The quantitative estimate of drug-likeness (QED) is 0.618. The van der Waals surface area contributed by atoms with Crippen LogP contribution in [0, 0.1) is 23.5 Å². The predicted octanol–water partition coefficient (Wildman–Crippen LogP) is 5.95. The van der Waals surface area contributed by atoms with Gasteiger partial charge in [0.25, 0.3) is 0 Å². The second kappa shape index (κ2) is 7.69. The normalized spacial score (nSPS) is 20.8. The highest BCUT2D eigenvalue weighted by atomic mass is 19.2. The number of nitrogens with zero attached hydrogens (tertiary/aromatic N) is 1. The maximum Gasteiger partial charge on any atom is 0.159 e. The molecule has 1 heterocycles. The van der Waals surface area contributed by atoms with Gasteiger partial charge in [0, 0.05) is 11.8 Å². The van der Waals surface area contributed by atoms with Gasteiger partial charge in [-0.25, -0.2) is 8.78 Å². The Kier molecular flexibility index (Phi) is 5.39. The van der Waals surface area contributed by atoms with E-state index in [0.717, 1.165) is 18.4 Å². The van der Waals surface area contributed by atoms with Crippen molar-refractivity contribution in [2.24, 2.45) is 11.8 Å². The van der Waals surface area contributed by atoms with Gasteiger partial charge in [0.05, 0.1) is 5.69 Å². The van der Waals surface area contributed by atoms with E-state index in [1.54, 1.807) is 6.07 Å². The van der Waals surface area contributed by atoms with Crippen molar-refractivity contribution in [2.45, 2.75) is 38.5 Å². The third kappa shape index (κ3) is 4.08. The first-order chi connectivity index (χ1) is 11.7. The van der Waals surface area contributed by atoms with Gasteiger partial charge in [-0.2, -0.15) is 0 Å². The molecule has 1 saturated carbocycles. The molecular weight excluding hydrogens is 304 g/mol. The number of aryl methyl sites for hydroxylation is 1. The van der Waals surface area contributed by atoms with Crippen molar-refractivity contribution in [3.05, 3.63) is 66.4 Å². The first-order valence-electron chi connectivity index (χ1n) is 8.68. The Morgan fingerprint density at radius 3 is 2.46 bits per heavy atom. The monoisotopic (exact) mass is 327 g/mol. The Labute approximate surface area is 142 Å². The van der Waals surface area contributed by atoms with E-state index < -0.39 is 11.6 Å². The maximum atomic E-state index is 13.3. The lowest BCUT2D eigenvalue weighted by Crippen LogP contribution is -2.13. The van der Waals surface area contributed by atoms with Crippen LogP contribution in [0.15, 0.2) is 49.2 Å². The van der Waals surface area contributed by atoms with Gasteiger partial charge >= 0.3 is 0 Å². The van der Waals surface area contributed by atoms with E-state index in [9.17, 15) is 8.78 Å². The summed E-state index contributed by atoms with van der Waals surface area (Å²) >= 11 is 0. The minimum absolute atomic E-state index is 0.600. The molecule has 0 bridgehead atoms. The van der Waals surface area contributed by atoms with Gasteiger partial charge in [-0.1, -0.05) is 12.1 Å². The number of hydrogen-bond donors (Lipinski definition) is 0. The molecule has 126 valence electrons. The van der Waals surface area contributed by atoms with E-state index >= 15 is 0 Å². The van der Waals surface area contributed by atoms with Gasteiger partial charge in [0.2, 0.25) is 0 Å². The van der Waals surface area contributed by atoms with Crippen LogP contribution in [0.5, 0.6) is 0 Å². The van der Waals surface area contributed by atoms with Crippen LogP contribution in [-0.2, 0) is 6.42 Å². The fraction of sp³-hybridized carbons (Fsp3) is 0.381. The van der Waals surface area contributed by atoms with Crippen molar-refractivity contribution < 1.29 is 8.78 Å². The zero-order chi connectivity index (χ0) is 16.9. The summed E-state index contributed by atoms with van der Waals surface area (Å²) in [5.41, 5.74) is 2.47. The van der Waals surface area contributed by atoms with Crippen molar-refractivity contribution in [3.8, 4) is 11.3 Å². The lowest BCUT2D eigenvalue weighted by Gasteiger charge is -2.26. The van der Waals surface area contributed by atoms with E-state index in [1.807, 2.05) is 18.3 Å². The lowest BCUT2D eigenvalue weighted by molar-refractivity contribution is 0.296. The highest BCUT2D eigenvalue weighted by molar-refractivity contribution is 5.59. The van der Waals surface area contributed by atoms with Crippen LogP contribution in [0.25, 0.3) is 11.3 Å². The third-order valence-electron chi connectivity index (χ3n) is 5.11. The van der Waals surface area contributed by atoms with Crippen LogP contribution in [0.2, 0.25) is 0 Å². The molecule has 0 saturated heterocycles. The number of rotatable bonds is 5. The molecule has 24 heavy (non-hydrogen) atoms. The number of benzene rings is 1. The van der Waals surface area contributed by atoms with Crippen molar-refractivity contribution >= 4 is 0 Å². The first kappa shape index (κ1) is 16.8. The maximum absolute atomic E-state index is 13.3. The van der Waals surface area contributed by atoms with E-state index in [4.69, 9.17) is 0 Å². The molecule has 1 aliphatic carbocycles. The molecule has 0 unspecified atom stereocenters. The zero-order valence-corrected chi connectivity index (χ0v) is 13.8. The number of halogens is 2. The smallest absolute Gasteiger partial charge is 0.159 e. The average Bonchev–Trinajstić information content (AvgIpc) is 2.63. The largest absolute Gasteiger partial charge is 0.256 e. The molecule has 0 radical (unpaired) electrons. The Morgan fingerprint density at radius 2 is 1.83 bits per heavy atom. The Balaban J connectivity index is 1.57. The second-order valence-corrected chi connectivity index (χ2v) is 6.74. The SMILES string of the molecule is C=CC1CCC(CCc2ccc(-c3ccc(F)c(F)c3)nc2)CC1. The molecule has 0 spiro atoms. The highest BCUT2D eigenvalue weighted by Crippen LogP contribution is 2.32. The second-order valence-electron chi connectivity index (χ2n) is 6.74. The number of hydrogen-bond acceptors (Lipinski definition) is 1. The van der Waals surface area contributed by atoms with Gasteiger partial charge in [0.15, 0.2) is 11.6 Å². The molecule has 2 aromatic rings. The summed E-state index contributed by atoms with van der Waals surface area (Å²) in [5, 5.41) is 0. The molecule has 1 nitrogen and oxygen atoms in total. The number of allylic oxidation sites excluding steroid dienone is 1. The molecule has 3 heteroatoms. The highest BCUT2D eigenvalue weighted by Gasteiger charge is 2.18. The van der Waals surface area contributed by atoms with E-state index in [-0.39, 0.29) is 0 Å². The Bertz CT molecular complexity index is 685. The molecule has 1 aromatic heterocycles. The van der Waals surface area contributed by atoms with Gasteiger partial charge < -0.3 is 0 Å². The summed E-state index contributed by atoms with van der Waals surface area (Å²) < 4.78 is 26.3. The summed E-state index contributed by atoms with van der Waals surface area (Å²) in [6.45, 7) is 3.89. The summed E-state index contributed by atoms with van der Waals surface area (Å²) in [6, 6.07) is 7.81. The Hall–Kier alpha value is -2.03. The molecule has 1 aliphatic rings. The molecule has 0 aliphatic heterocycles. The predicted molar refractivity (Wildman–Crippen MR) is 93.6 cm³/mol. The number of pyridine rings is 1. The average molecular weight is 327 g/mol. The minimum Gasteiger partial charge on any atom is -0.256 e. The molecular formula is C21H23F2N. The Morgan fingerprint density at radius 1 is 1.04 bits per heavy atom. The molecule has 1 aromatic carbocycles. The molecule has 1 fully saturated rings. The fourth-order valence-corrected chi connectivity index (χ4v) is 3.48. The van der Waals surface area contributed by atoms with E-state index in [1.165, 1.54) is 43.7 Å². The summed E-state index contributed by atoms with van der Waals surface area (Å²) in [4.78, 5) is 4.41. The standard InChI is InChI=1S/C21H23F2N/c1-2-15-3-5-16(6-4-15)7-8-17-9-12-21(24-14-17)18-10-11-19(22)20(23)13-18/h2,9-16H,1,3-8H2. The van der Waals surface area contributed by atoms with Crippen molar-refractivity contribution in [2.75, 3.05) is 0 Å². The topological polar surface area (TPSA) is 12.9 Å². The van der Waals surface area contributed by atoms with Gasteiger partial charge in [-0.05, 0) is 80.2 Å². The zero-order valence-electron chi connectivity index (χ0n) is 13.8. The van der Waals surface area contributed by atoms with Crippen LogP contribution in [0.3, 0.4) is 0 Å². The molecule has 0 amide bonds. The van der Waals surface area contributed by atoms with Crippen LogP contribution in [0.4, 0.5) is 8.78 Å². The minimum atomic E-state index is -0.839. The third-order valence-corrected chi connectivity index (χ3v) is 5.11. The van der Waals surface area contributed by atoms with Crippen LogP contribution >= 0.6 is 0 Å². The lowest BCUT2D eigenvalue weighted by atomic mass is 9.80. The van der Waals surface area contributed by atoms with Gasteiger partial charge in [-0.15, -0.1) is 6.58 Å². The van der Waals surface area contributed by atoms with Crippen LogP contribution < -0.4 is 0 Å². The van der Waals surface area contributed by atoms with Crippen molar-refractivity contribution in [1.29, 1.82) is 0 Å². The van der Waals surface area contributed by atoms with Gasteiger partial charge in [-0.3, -0.25) is 4.98 Å². The number of aromatic nitrogens is 1.